The highest BCUT2D eigenvalue weighted by atomic mass is 32.1. The number of hydrogen-bond acceptors (Lipinski definition) is 3. The number of nitrogens with one attached hydrogen (secondary N) is 1. The van der Waals surface area contributed by atoms with E-state index in [1.54, 1.807) is 11.3 Å². The summed E-state index contributed by atoms with van der Waals surface area (Å²) in [5.41, 5.74) is 1.17. The van der Waals surface area contributed by atoms with Crippen molar-refractivity contribution < 1.29 is 0 Å². The molecule has 0 saturated heterocycles. The minimum Gasteiger partial charge on any atom is -0.316 e. The van der Waals surface area contributed by atoms with Crippen molar-refractivity contribution >= 4 is 11.3 Å². The van der Waals surface area contributed by atoms with Gasteiger partial charge in [0, 0.05) is 23.5 Å². The highest BCUT2D eigenvalue weighted by Crippen LogP contribution is 2.28. The van der Waals surface area contributed by atoms with E-state index >= 15 is 0 Å². The fraction of sp³-hybridized carbons (Fsp3) is 0.769. The van der Waals surface area contributed by atoms with Crippen LogP contribution in [-0.2, 0) is 6.42 Å². The van der Waals surface area contributed by atoms with Crippen molar-refractivity contribution in [3.05, 3.63) is 16.1 Å². The van der Waals surface area contributed by atoms with E-state index in [-0.39, 0.29) is 0 Å². The van der Waals surface area contributed by atoms with Gasteiger partial charge >= 0.3 is 0 Å². The van der Waals surface area contributed by atoms with E-state index in [1.807, 2.05) is 0 Å². The average Bonchev–Trinajstić information content (AvgIpc) is 2.73. The van der Waals surface area contributed by atoms with Crippen molar-refractivity contribution in [1.29, 1.82) is 0 Å². The first kappa shape index (κ1) is 12.1. The molecule has 0 aromatic carbocycles. The van der Waals surface area contributed by atoms with Crippen LogP contribution in [-0.4, -0.2) is 18.1 Å². The van der Waals surface area contributed by atoms with Gasteiger partial charge in [0.1, 0.15) is 0 Å². The van der Waals surface area contributed by atoms with E-state index in [0.29, 0.717) is 6.04 Å². The zero-order chi connectivity index (χ0) is 11.4. The van der Waals surface area contributed by atoms with Crippen molar-refractivity contribution in [2.45, 2.75) is 51.5 Å². The molecule has 0 amide bonds. The molecule has 16 heavy (non-hydrogen) atoms. The number of aromatic nitrogens is 1. The van der Waals surface area contributed by atoms with Gasteiger partial charge in [-0.2, -0.15) is 0 Å². The van der Waals surface area contributed by atoms with Crippen LogP contribution in [0.4, 0.5) is 0 Å². The van der Waals surface area contributed by atoms with Crippen LogP contribution < -0.4 is 5.32 Å². The predicted octanol–water partition coefficient (Wildman–Crippen LogP) is 3.16. The lowest BCUT2D eigenvalue weighted by Crippen LogP contribution is -2.36. The van der Waals surface area contributed by atoms with Crippen LogP contribution in [0.2, 0.25) is 0 Å². The molecule has 0 bridgehead atoms. The maximum Gasteiger partial charge on any atom is 0.0943 e. The van der Waals surface area contributed by atoms with Gasteiger partial charge in [-0.3, -0.25) is 0 Å². The van der Waals surface area contributed by atoms with Gasteiger partial charge in [0.25, 0.3) is 0 Å². The first-order valence-electron chi connectivity index (χ1n) is 6.38. The summed E-state index contributed by atoms with van der Waals surface area (Å²) in [6.07, 6.45) is 8.17. The smallest absolute Gasteiger partial charge is 0.0943 e. The molecule has 0 aliphatic heterocycles. The highest BCUT2D eigenvalue weighted by Gasteiger charge is 2.23. The fourth-order valence-electron chi connectivity index (χ4n) is 2.73. The van der Waals surface area contributed by atoms with E-state index in [1.165, 1.54) is 42.8 Å². The summed E-state index contributed by atoms with van der Waals surface area (Å²) >= 11 is 1.81. The Morgan fingerprint density at radius 3 is 2.75 bits per heavy atom. The topological polar surface area (TPSA) is 24.9 Å². The van der Waals surface area contributed by atoms with Crippen molar-refractivity contribution in [2.75, 3.05) is 7.05 Å². The summed E-state index contributed by atoms with van der Waals surface area (Å²) in [5.74, 6) is 0.864. The minimum absolute atomic E-state index is 0.630. The molecule has 1 heterocycles. The Balaban J connectivity index is 1.94. The lowest BCUT2D eigenvalue weighted by atomic mass is 9.83. The van der Waals surface area contributed by atoms with Crippen molar-refractivity contribution in [1.82, 2.24) is 10.3 Å². The molecule has 2 nitrogen and oxygen atoms in total. The third kappa shape index (κ3) is 3.05. The van der Waals surface area contributed by atoms with E-state index in [9.17, 15) is 0 Å². The van der Waals surface area contributed by atoms with Gasteiger partial charge in [-0.05, 0) is 32.7 Å². The molecular weight excluding hydrogens is 216 g/mol. The van der Waals surface area contributed by atoms with Crippen LogP contribution in [0.3, 0.4) is 0 Å². The van der Waals surface area contributed by atoms with Crippen molar-refractivity contribution in [3.8, 4) is 0 Å². The molecule has 2 rings (SSSR count). The molecule has 3 heteroatoms. The first-order chi connectivity index (χ1) is 7.79. The number of likely N-dealkylation sites (N-methyl/N-ethyl adjacent to an activating group) is 1. The van der Waals surface area contributed by atoms with Gasteiger partial charge < -0.3 is 5.32 Å². The number of nitrogens with zero attached hydrogens (tertiary/aromatic N) is 1. The number of rotatable bonds is 4. The summed E-state index contributed by atoms with van der Waals surface area (Å²) in [4.78, 5) is 4.57. The van der Waals surface area contributed by atoms with Crippen LogP contribution in [0.25, 0.3) is 0 Å². The van der Waals surface area contributed by atoms with Crippen LogP contribution >= 0.6 is 11.3 Å². The molecule has 1 aromatic heterocycles. The van der Waals surface area contributed by atoms with Gasteiger partial charge in [0.2, 0.25) is 0 Å². The van der Waals surface area contributed by atoms with Gasteiger partial charge in [0.15, 0.2) is 0 Å². The molecule has 1 aliphatic carbocycles. The molecule has 1 unspecified atom stereocenters. The Hall–Kier alpha value is -0.410. The second kappa shape index (κ2) is 5.78. The molecule has 1 aromatic rings. The molecule has 1 aliphatic rings. The maximum absolute atomic E-state index is 4.57. The van der Waals surface area contributed by atoms with Crippen LogP contribution in [0.1, 0.15) is 42.8 Å². The van der Waals surface area contributed by atoms with Crippen LogP contribution in [0.5, 0.6) is 0 Å². The standard InChI is InChI=1S/C13H22N2S/c1-10-9-16-13(15-10)8-12(14-2)11-6-4-3-5-7-11/h9,11-12,14H,3-8H2,1-2H3. The second-order valence-corrected chi connectivity index (χ2v) is 5.82. The van der Waals surface area contributed by atoms with E-state index in [4.69, 9.17) is 0 Å². The largest absolute Gasteiger partial charge is 0.316 e. The summed E-state index contributed by atoms with van der Waals surface area (Å²) < 4.78 is 0. The first-order valence-corrected chi connectivity index (χ1v) is 7.26. The molecule has 90 valence electrons. The molecule has 0 spiro atoms. The zero-order valence-electron chi connectivity index (χ0n) is 10.3. The molecular formula is C13H22N2S. The summed E-state index contributed by atoms with van der Waals surface area (Å²) in [5, 5.41) is 6.95. The van der Waals surface area contributed by atoms with Crippen molar-refractivity contribution in [2.24, 2.45) is 5.92 Å². The number of aryl methyl sites for hydroxylation is 1. The van der Waals surface area contributed by atoms with Gasteiger partial charge in [0.05, 0.1) is 5.01 Å². The van der Waals surface area contributed by atoms with Crippen LogP contribution in [0, 0.1) is 12.8 Å². The third-order valence-electron chi connectivity index (χ3n) is 3.65. The normalized spacial score (nSPS) is 19.9. The average molecular weight is 238 g/mol. The fourth-order valence-corrected chi connectivity index (χ4v) is 3.56. The second-order valence-electron chi connectivity index (χ2n) is 4.88. The quantitative estimate of drug-likeness (QED) is 0.871. The lowest BCUT2D eigenvalue weighted by Gasteiger charge is -2.29. The summed E-state index contributed by atoms with van der Waals surface area (Å²) in [6.45, 7) is 2.08. The minimum atomic E-state index is 0.630. The molecule has 0 radical (unpaired) electrons. The predicted molar refractivity (Wildman–Crippen MR) is 70.0 cm³/mol. The SMILES string of the molecule is CNC(Cc1nc(C)cs1)C1CCCCC1. The number of thiazole rings is 1. The Kier molecular flexibility index (Phi) is 4.36. The van der Waals surface area contributed by atoms with Gasteiger partial charge in [-0.15, -0.1) is 11.3 Å². The van der Waals surface area contributed by atoms with E-state index in [0.717, 1.165) is 12.3 Å². The van der Waals surface area contributed by atoms with Gasteiger partial charge in [-0.1, -0.05) is 19.3 Å². The van der Waals surface area contributed by atoms with Crippen LogP contribution in [0.15, 0.2) is 5.38 Å². The highest BCUT2D eigenvalue weighted by molar-refractivity contribution is 7.09. The molecule has 1 N–H and O–H groups in total. The van der Waals surface area contributed by atoms with Crippen molar-refractivity contribution in [3.63, 3.8) is 0 Å². The molecule has 1 fully saturated rings. The number of hydrogen-bond donors (Lipinski definition) is 1. The molecule has 1 atom stereocenters. The molecule has 1 saturated carbocycles. The Bertz CT molecular complexity index is 315. The van der Waals surface area contributed by atoms with E-state index in [2.05, 4.69) is 29.7 Å². The Morgan fingerprint density at radius 2 is 2.19 bits per heavy atom. The summed E-state index contributed by atoms with van der Waals surface area (Å²) in [7, 11) is 2.10. The maximum atomic E-state index is 4.57. The third-order valence-corrected chi connectivity index (χ3v) is 4.64. The Morgan fingerprint density at radius 1 is 1.44 bits per heavy atom. The van der Waals surface area contributed by atoms with Gasteiger partial charge in [-0.25, -0.2) is 4.98 Å². The van der Waals surface area contributed by atoms with E-state index < -0.39 is 0 Å². The summed E-state index contributed by atoms with van der Waals surface area (Å²) in [6, 6.07) is 0.630. The Labute approximate surface area is 102 Å². The zero-order valence-corrected chi connectivity index (χ0v) is 11.1. The monoisotopic (exact) mass is 238 g/mol. The lowest BCUT2D eigenvalue weighted by molar-refractivity contribution is 0.276.